The molecule has 242 valence electrons. The largest absolute Gasteiger partial charge is 0.311 e. The van der Waals surface area contributed by atoms with E-state index in [0.29, 0.717) is 0 Å². The van der Waals surface area contributed by atoms with Crippen LogP contribution in [-0.2, 0) is 0 Å². The van der Waals surface area contributed by atoms with E-state index in [9.17, 15) is 0 Å². The summed E-state index contributed by atoms with van der Waals surface area (Å²) in [6.45, 7) is 2.15. The molecule has 2 heteroatoms. The summed E-state index contributed by atoms with van der Waals surface area (Å²) in [5.41, 5.74) is 15.4. The molecule has 0 N–H and O–H groups in total. The average Bonchev–Trinajstić information content (AvgIpc) is 3.53. The quantitative estimate of drug-likeness (QED) is 0.166. The van der Waals surface area contributed by atoms with Gasteiger partial charge in [-0.2, -0.15) is 0 Å². The molecule has 0 atom stereocenters. The van der Waals surface area contributed by atoms with Crippen molar-refractivity contribution in [2.24, 2.45) is 0 Å². The summed E-state index contributed by atoms with van der Waals surface area (Å²) >= 11 is 0. The van der Waals surface area contributed by atoms with Gasteiger partial charge in [0, 0.05) is 33.5 Å². The van der Waals surface area contributed by atoms with Crippen molar-refractivity contribution in [3.8, 4) is 39.1 Å². The lowest BCUT2D eigenvalue weighted by atomic mass is 10.0. The van der Waals surface area contributed by atoms with Crippen molar-refractivity contribution >= 4 is 38.9 Å². The van der Waals surface area contributed by atoms with Crippen LogP contribution in [0.2, 0.25) is 0 Å². The van der Waals surface area contributed by atoms with Gasteiger partial charge in [0.05, 0.1) is 11.0 Å². The van der Waals surface area contributed by atoms with Crippen LogP contribution in [0.1, 0.15) is 5.56 Å². The van der Waals surface area contributed by atoms with Crippen LogP contribution in [0.5, 0.6) is 0 Å². The number of benzene rings is 8. The standard InChI is InChI=1S/C49H36N2/c1-35-11-10-16-45(33-35)51-48-18-9-8-17-46(48)47-34-41(25-32-49(47)51)40-23-30-44(31-24-40)50(42-26-19-38(20-27-42)36-12-4-2-5-13-36)43-28-21-39(22-29-43)37-14-6-3-7-15-37/h2-34H,1H3. The molecule has 0 radical (unpaired) electrons. The van der Waals surface area contributed by atoms with Crippen LogP contribution in [0.15, 0.2) is 200 Å². The summed E-state index contributed by atoms with van der Waals surface area (Å²) in [5, 5.41) is 2.52. The number of para-hydroxylation sites is 1. The second kappa shape index (κ2) is 13.0. The molecule has 9 rings (SSSR count). The summed E-state index contributed by atoms with van der Waals surface area (Å²) in [6.07, 6.45) is 0. The zero-order chi connectivity index (χ0) is 34.1. The predicted octanol–water partition coefficient (Wildman–Crippen LogP) is 13.6. The van der Waals surface area contributed by atoms with Gasteiger partial charge in [0.1, 0.15) is 0 Å². The van der Waals surface area contributed by atoms with Gasteiger partial charge in [-0.3, -0.25) is 0 Å². The summed E-state index contributed by atoms with van der Waals surface area (Å²) in [4.78, 5) is 2.34. The Morgan fingerprint density at radius 3 is 1.33 bits per heavy atom. The van der Waals surface area contributed by atoms with Crippen LogP contribution in [0, 0.1) is 6.92 Å². The first-order chi connectivity index (χ1) is 25.2. The minimum Gasteiger partial charge on any atom is -0.311 e. The maximum Gasteiger partial charge on any atom is 0.0541 e. The van der Waals surface area contributed by atoms with Gasteiger partial charge in [0.2, 0.25) is 0 Å². The van der Waals surface area contributed by atoms with E-state index in [1.807, 2.05) is 0 Å². The lowest BCUT2D eigenvalue weighted by Gasteiger charge is -2.26. The number of nitrogens with zero attached hydrogens (tertiary/aromatic N) is 2. The monoisotopic (exact) mass is 652 g/mol. The molecular weight excluding hydrogens is 617 g/mol. The molecule has 0 spiro atoms. The molecule has 0 bridgehead atoms. The Morgan fingerprint density at radius 2 is 0.784 bits per heavy atom. The van der Waals surface area contributed by atoms with E-state index in [1.165, 1.54) is 66.4 Å². The molecule has 0 amide bonds. The lowest BCUT2D eigenvalue weighted by molar-refractivity contribution is 1.17. The number of rotatable bonds is 7. The maximum absolute atomic E-state index is 2.38. The molecule has 0 saturated carbocycles. The maximum atomic E-state index is 2.38. The first-order valence-electron chi connectivity index (χ1n) is 17.5. The number of aromatic nitrogens is 1. The predicted molar refractivity (Wildman–Crippen MR) is 217 cm³/mol. The van der Waals surface area contributed by atoms with Crippen molar-refractivity contribution < 1.29 is 0 Å². The molecule has 0 unspecified atom stereocenters. The second-order valence-corrected chi connectivity index (χ2v) is 13.1. The van der Waals surface area contributed by atoms with Crippen molar-refractivity contribution in [2.45, 2.75) is 6.92 Å². The summed E-state index contributed by atoms with van der Waals surface area (Å²) < 4.78 is 2.38. The number of fused-ring (bicyclic) bond motifs is 3. The third-order valence-corrected chi connectivity index (χ3v) is 9.86. The Balaban J connectivity index is 1.10. The van der Waals surface area contributed by atoms with Crippen molar-refractivity contribution in [3.05, 3.63) is 206 Å². The number of anilines is 3. The Hall–Kier alpha value is -6.64. The molecule has 2 nitrogen and oxygen atoms in total. The Bertz CT molecular complexity index is 2520. The molecule has 9 aromatic rings. The number of aryl methyl sites for hydroxylation is 1. The molecular formula is C49H36N2. The minimum atomic E-state index is 1.11. The summed E-state index contributed by atoms with van der Waals surface area (Å²) in [5.74, 6) is 0. The van der Waals surface area contributed by atoms with Gasteiger partial charge in [0.25, 0.3) is 0 Å². The normalized spacial score (nSPS) is 11.2. The van der Waals surface area contributed by atoms with E-state index in [1.54, 1.807) is 0 Å². The van der Waals surface area contributed by atoms with E-state index in [2.05, 4.69) is 217 Å². The third kappa shape index (κ3) is 5.77. The van der Waals surface area contributed by atoms with Crippen LogP contribution in [0.4, 0.5) is 17.1 Å². The van der Waals surface area contributed by atoms with Crippen molar-refractivity contribution in [2.75, 3.05) is 4.90 Å². The molecule has 0 saturated heterocycles. The first kappa shape index (κ1) is 30.4. The Kier molecular flexibility index (Phi) is 7.75. The van der Waals surface area contributed by atoms with Crippen molar-refractivity contribution in [1.29, 1.82) is 0 Å². The summed E-state index contributed by atoms with van der Waals surface area (Å²) in [6, 6.07) is 72.2. The van der Waals surface area contributed by atoms with E-state index in [-0.39, 0.29) is 0 Å². The average molecular weight is 653 g/mol. The van der Waals surface area contributed by atoms with Gasteiger partial charge in [-0.1, -0.05) is 133 Å². The highest BCUT2D eigenvalue weighted by molar-refractivity contribution is 6.10. The van der Waals surface area contributed by atoms with E-state index >= 15 is 0 Å². The molecule has 0 aliphatic rings. The fourth-order valence-corrected chi connectivity index (χ4v) is 7.31. The fraction of sp³-hybridized carbons (Fsp3) is 0.0204. The van der Waals surface area contributed by atoms with Crippen LogP contribution >= 0.6 is 0 Å². The molecule has 1 heterocycles. The molecule has 0 fully saturated rings. The zero-order valence-corrected chi connectivity index (χ0v) is 28.4. The molecule has 8 aromatic carbocycles. The van der Waals surface area contributed by atoms with Crippen LogP contribution in [-0.4, -0.2) is 4.57 Å². The van der Waals surface area contributed by atoms with Crippen LogP contribution < -0.4 is 4.90 Å². The van der Waals surface area contributed by atoms with Gasteiger partial charge in [0.15, 0.2) is 0 Å². The lowest BCUT2D eigenvalue weighted by Crippen LogP contribution is -2.09. The fourth-order valence-electron chi connectivity index (χ4n) is 7.31. The first-order valence-corrected chi connectivity index (χ1v) is 17.5. The highest BCUT2D eigenvalue weighted by Crippen LogP contribution is 2.39. The Labute approximate surface area is 299 Å². The molecule has 0 aliphatic heterocycles. The summed E-state index contributed by atoms with van der Waals surface area (Å²) in [7, 11) is 0. The highest BCUT2D eigenvalue weighted by Gasteiger charge is 2.16. The minimum absolute atomic E-state index is 1.11. The van der Waals surface area contributed by atoms with E-state index in [4.69, 9.17) is 0 Å². The highest BCUT2D eigenvalue weighted by atomic mass is 15.1. The van der Waals surface area contributed by atoms with Crippen molar-refractivity contribution in [1.82, 2.24) is 4.57 Å². The van der Waals surface area contributed by atoms with Gasteiger partial charge < -0.3 is 9.47 Å². The van der Waals surface area contributed by atoms with Crippen molar-refractivity contribution in [3.63, 3.8) is 0 Å². The number of hydrogen-bond donors (Lipinski definition) is 0. The third-order valence-electron chi connectivity index (χ3n) is 9.86. The zero-order valence-electron chi connectivity index (χ0n) is 28.4. The number of hydrogen-bond acceptors (Lipinski definition) is 1. The van der Waals surface area contributed by atoms with E-state index < -0.39 is 0 Å². The van der Waals surface area contributed by atoms with Gasteiger partial charge in [-0.05, 0) is 113 Å². The van der Waals surface area contributed by atoms with Gasteiger partial charge in [-0.15, -0.1) is 0 Å². The van der Waals surface area contributed by atoms with E-state index in [0.717, 1.165) is 17.1 Å². The SMILES string of the molecule is Cc1cccc(-n2c3ccccc3c3cc(-c4ccc(N(c5ccc(-c6ccccc6)cc5)c5ccc(-c6ccccc6)cc5)cc4)ccc32)c1. The topological polar surface area (TPSA) is 8.17 Å². The molecule has 0 aliphatic carbocycles. The van der Waals surface area contributed by atoms with Crippen LogP contribution in [0.25, 0.3) is 60.9 Å². The van der Waals surface area contributed by atoms with Gasteiger partial charge in [-0.25, -0.2) is 0 Å². The van der Waals surface area contributed by atoms with Crippen LogP contribution in [0.3, 0.4) is 0 Å². The van der Waals surface area contributed by atoms with Gasteiger partial charge >= 0.3 is 0 Å². The second-order valence-electron chi connectivity index (χ2n) is 13.1. The smallest absolute Gasteiger partial charge is 0.0541 e. The molecule has 51 heavy (non-hydrogen) atoms. The molecule has 1 aromatic heterocycles. The Morgan fingerprint density at radius 1 is 0.333 bits per heavy atom.